The molecular weight excluding hydrogens is 206 g/mol. The third kappa shape index (κ3) is 1.82. The minimum Gasteiger partial charge on any atom is -0.497 e. The van der Waals surface area contributed by atoms with Gasteiger partial charge in [-0.25, -0.2) is 4.98 Å². The van der Waals surface area contributed by atoms with Gasteiger partial charge in [0.1, 0.15) is 5.75 Å². The van der Waals surface area contributed by atoms with Crippen LogP contribution in [0.3, 0.4) is 0 Å². The van der Waals surface area contributed by atoms with Crippen molar-refractivity contribution in [2.75, 3.05) is 7.11 Å². The Kier molecular flexibility index (Phi) is 2.72. The number of aldehydes is 1. The maximum atomic E-state index is 10.5. The predicted molar refractivity (Wildman–Crippen MR) is 58.6 cm³/mol. The van der Waals surface area contributed by atoms with Crippen LogP contribution in [0.1, 0.15) is 16.4 Å². The summed E-state index contributed by atoms with van der Waals surface area (Å²) in [6.45, 7) is 1.80. The number of aryl methyl sites for hydroxylation is 1. The van der Waals surface area contributed by atoms with E-state index in [-0.39, 0.29) is 5.89 Å². The standard InChI is InChI=1S/C12H11NO3/c1-8-12(16-11(7-14)13-8)9-3-5-10(15-2)6-4-9/h3-7H,1-2H3. The normalized spacial score (nSPS) is 10.1. The summed E-state index contributed by atoms with van der Waals surface area (Å²) in [6, 6.07) is 7.39. The van der Waals surface area contributed by atoms with Crippen molar-refractivity contribution in [2.45, 2.75) is 6.92 Å². The van der Waals surface area contributed by atoms with Crippen LogP contribution in [0.5, 0.6) is 5.75 Å². The molecule has 1 aromatic heterocycles. The first-order chi connectivity index (χ1) is 7.74. The second-order valence-corrected chi connectivity index (χ2v) is 3.31. The number of carbonyl (C=O) groups excluding carboxylic acids is 1. The van der Waals surface area contributed by atoms with Crippen LogP contribution in [0.2, 0.25) is 0 Å². The van der Waals surface area contributed by atoms with Crippen molar-refractivity contribution < 1.29 is 13.9 Å². The number of methoxy groups -OCH3 is 1. The van der Waals surface area contributed by atoms with E-state index < -0.39 is 0 Å². The lowest BCUT2D eigenvalue weighted by molar-refractivity contribution is 0.109. The molecule has 4 heteroatoms. The number of oxazole rings is 1. The molecule has 0 saturated carbocycles. The smallest absolute Gasteiger partial charge is 0.260 e. The summed E-state index contributed by atoms with van der Waals surface area (Å²) in [4.78, 5) is 14.5. The van der Waals surface area contributed by atoms with Gasteiger partial charge in [-0.05, 0) is 31.2 Å². The van der Waals surface area contributed by atoms with Gasteiger partial charge in [0.15, 0.2) is 5.76 Å². The van der Waals surface area contributed by atoms with E-state index in [9.17, 15) is 4.79 Å². The summed E-state index contributed by atoms with van der Waals surface area (Å²) in [5.74, 6) is 1.49. The molecule has 2 rings (SSSR count). The zero-order chi connectivity index (χ0) is 11.5. The summed E-state index contributed by atoms with van der Waals surface area (Å²) in [5.41, 5.74) is 1.58. The molecule has 0 N–H and O–H groups in total. The largest absolute Gasteiger partial charge is 0.497 e. The van der Waals surface area contributed by atoms with Crippen LogP contribution in [0, 0.1) is 6.92 Å². The first kappa shape index (κ1) is 10.4. The molecule has 0 fully saturated rings. The Bertz CT molecular complexity index is 499. The minimum absolute atomic E-state index is 0.100. The van der Waals surface area contributed by atoms with Crippen molar-refractivity contribution >= 4 is 6.29 Å². The molecule has 1 heterocycles. The average Bonchev–Trinajstić information content (AvgIpc) is 2.71. The van der Waals surface area contributed by atoms with Crippen LogP contribution >= 0.6 is 0 Å². The monoisotopic (exact) mass is 217 g/mol. The molecule has 0 saturated heterocycles. The molecule has 82 valence electrons. The van der Waals surface area contributed by atoms with E-state index in [2.05, 4.69) is 4.98 Å². The van der Waals surface area contributed by atoms with Crippen LogP contribution in [0.25, 0.3) is 11.3 Å². The van der Waals surface area contributed by atoms with Crippen molar-refractivity contribution in [1.82, 2.24) is 4.98 Å². The maximum Gasteiger partial charge on any atom is 0.260 e. The SMILES string of the molecule is COc1ccc(-c2oc(C=O)nc2C)cc1. The lowest BCUT2D eigenvalue weighted by atomic mass is 10.1. The number of hydrogen-bond donors (Lipinski definition) is 0. The summed E-state index contributed by atoms with van der Waals surface area (Å²) < 4.78 is 10.4. The Balaban J connectivity index is 2.41. The van der Waals surface area contributed by atoms with Crippen LogP contribution in [-0.4, -0.2) is 18.4 Å². The Morgan fingerprint density at radius 3 is 2.50 bits per heavy atom. The van der Waals surface area contributed by atoms with Crippen LogP contribution in [0.15, 0.2) is 28.7 Å². The van der Waals surface area contributed by atoms with Crippen molar-refractivity contribution in [3.05, 3.63) is 35.9 Å². The zero-order valence-corrected chi connectivity index (χ0v) is 9.06. The second kappa shape index (κ2) is 4.18. The molecule has 16 heavy (non-hydrogen) atoms. The predicted octanol–water partition coefficient (Wildman–Crippen LogP) is 2.47. The highest BCUT2D eigenvalue weighted by molar-refractivity contribution is 5.70. The summed E-state index contributed by atoms with van der Waals surface area (Å²) in [5, 5.41) is 0. The van der Waals surface area contributed by atoms with E-state index in [0.29, 0.717) is 17.7 Å². The third-order valence-electron chi connectivity index (χ3n) is 2.27. The summed E-state index contributed by atoms with van der Waals surface area (Å²) in [7, 11) is 1.61. The highest BCUT2D eigenvalue weighted by Crippen LogP contribution is 2.25. The van der Waals surface area contributed by atoms with Gasteiger partial charge in [-0.1, -0.05) is 0 Å². The zero-order valence-electron chi connectivity index (χ0n) is 9.06. The van der Waals surface area contributed by atoms with Gasteiger partial charge in [0.2, 0.25) is 6.29 Å². The molecule has 0 amide bonds. The highest BCUT2D eigenvalue weighted by Gasteiger charge is 2.10. The van der Waals surface area contributed by atoms with E-state index in [0.717, 1.165) is 11.3 Å². The van der Waals surface area contributed by atoms with E-state index in [1.165, 1.54) is 0 Å². The van der Waals surface area contributed by atoms with Gasteiger partial charge in [0, 0.05) is 5.56 Å². The molecule has 0 unspecified atom stereocenters. The van der Waals surface area contributed by atoms with Crippen molar-refractivity contribution in [3.63, 3.8) is 0 Å². The topological polar surface area (TPSA) is 52.3 Å². The van der Waals surface area contributed by atoms with E-state index in [4.69, 9.17) is 9.15 Å². The minimum atomic E-state index is 0.100. The van der Waals surface area contributed by atoms with Crippen molar-refractivity contribution in [2.24, 2.45) is 0 Å². The number of nitrogens with zero attached hydrogens (tertiary/aromatic N) is 1. The Morgan fingerprint density at radius 2 is 2.00 bits per heavy atom. The number of benzene rings is 1. The van der Waals surface area contributed by atoms with E-state index in [1.54, 1.807) is 14.0 Å². The fraction of sp³-hybridized carbons (Fsp3) is 0.167. The Morgan fingerprint density at radius 1 is 1.31 bits per heavy atom. The first-order valence-electron chi connectivity index (χ1n) is 4.81. The van der Waals surface area contributed by atoms with E-state index in [1.807, 2.05) is 24.3 Å². The second-order valence-electron chi connectivity index (χ2n) is 3.31. The molecular formula is C12H11NO3. The molecule has 0 aliphatic carbocycles. The van der Waals surface area contributed by atoms with Crippen LogP contribution < -0.4 is 4.74 Å². The van der Waals surface area contributed by atoms with Crippen molar-refractivity contribution in [1.29, 1.82) is 0 Å². The molecule has 2 aromatic rings. The van der Waals surface area contributed by atoms with E-state index >= 15 is 0 Å². The number of aromatic nitrogens is 1. The molecule has 0 aliphatic heterocycles. The van der Waals surface area contributed by atoms with Gasteiger partial charge in [-0.2, -0.15) is 0 Å². The molecule has 4 nitrogen and oxygen atoms in total. The molecule has 0 atom stereocenters. The van der Waals surface area contributed by atoms with Crippen LogP contribution in [-0.2, 0) is 0 Å². The average molecular weight is 217 g/mol. The van der Waals surface area contributed by atoms with Gasteiger partial charge >= 0.3 is 0 Å². The summed E-state index contributed by atoms with van der Waals surface area (Å²) in [6.07, 6.45) is 0.597. The Labute approximate surface area is 92.9 Å². The van der Waals surface area contributed by atoms with Gasteiger partial charge in [0.05, 0.1) is 12.8 Å². The third-order valence-corrected chi connectivity index (χ3v) is 2.27. The van der Waals surface area contributed by atoms with Crippen molar-refractivity contribution in [3.8, 4) is 17.1 Å². The number of ether oxygens (including phenoxy) is 1. The fourth-order valence-electron chi connectivity index (χ4n) is 1.48. The number of hydrogen-bond acceptors (Lipinski definition) is 4. The number of carbonyl (C=O) groups is 1. The summed E-state index contributed by atoms with van der Waals surface area (Å²) >= 11 is 0. The molecule has 0 radical (unpaired) electrons. The molecule has 0 bridgehead atoms. The van der Waals surface area contributed by atoms with Crippen LogP contribution in [0.4, 0.5) is 0 Å². The van der Waals surface area contributed by atoms with Gasteiger partial charge < -0.3 is 9.15 Å². The van der Waals surface area contributed by atoms with Gasteiger partial charge in [0.25, 0.3) is 5.89 Å². The lowest BCUT2D eigenvalue weighted by Gasteiger charge is -2.00. The Hall–Kier alpha value is -2.10. The fourth-order valence-corrected chi connectivity index (χ4v) is 1.48. The molecule has 0 spiro atoms. The number of rotatable bonds is 3. The maximum absolute atomic E-state index is 10.5. The first-order valence-corrected chi connectivity index (χ1v) is 4.81. The van der Waals surface area contributed by atoms with Gasteiger partial charge in [-0.15, -0.1) is 0 Å². The quantitative estimate of drug-likeness (QED) is 0.741. The molecule has 1 aromatic carbocycles. The lowest BCUT2D eigenvalue weighted by Crippen LogP contribution is -1.83. The molecule has 0 aliphatic rings. The highest BCUT2D eigenvalue weighted by atomic mass is 16.5. The van der Waals surface area contributed by atoms with Gasteiger partial charge in [-0.3, -0.25) is 4.79 Å².